The smallest absolute Gasteiger partial charge is 0.122 e. The van der Waals surface area contributed by atoms with E-state index in [0.717, 1.165) is 34.6 Å². The molecule has 1 fully saturated rings. The molecule has 1 aromatic carbocycles. The van der Waals surface area contributed by atoms with Crippen molar-refractivity contribution < 1.29 is 9.84 Å². The molecule has 0 aliphatic heterocycles. The predicted molar refractivity (Wildman–Crippen MR) is 62.6 cm³/mol. The van der Waals surface area contributed by atoms with E-state index in [4.69, 9.17) is 4.74 Å². The predicted octanol–water partition coefficient (Wildman–Crippen LogP) is 2.71. The van der Waals surface area contributed by atoms with E-state index < -0.39 is 5.60 Å². The summed E-state index contributed by atoms with van der Waals surface area (Å²) >= 11 is 1.68. The molecule has 0 amide bonds. The molecule has 0 spiro atoms. The second kappa shape index (κ2) is 3.72. The highest BCUT2D eigenvalue weighted by Crippen LogP contribution is 2.49. The summed E-state index contributed by atoms with van der Waals surface area (Å²) in [6.45, 7) is 2.03. The molecular formula is C12H16O2S. The molecular weight excluding hydrogens is 208 g/mol. The molecule has 0 unspecified atom stereocenters. The summed E-state index contributed by atoms with van der Waals surface area (Å²) in [5.41, 5.74) is 1.56. The van der Waals surface area contributed by atoms with Crippen molar-refractivity contribution in [3.63, 3.8) is 0 Å². The van der Waals surface area contributed by atoms with E-state index in [9.17, 15) is 5.11 Å². The summed E-state index contributed by atoms with van der Waals surface area (Å²) in [4.78, 5) is 1.16. The molecule has 0 saturated heterocycles. The zero-order chi connectivity index (χ0) is 11.1. The van der Waals surface area contributed by atoms with Gasteiger partial charge >= 0.3 is 0 Å². The minimum Gasteiger partial charge on any atom is -0.496 e. The van der Waals surface area contributed by atoms with Crippen LogP contribution in [0.25, 0.3) is 0 Å². The summed E-state index contributed by atoms with van der Waals surface area (Å²) < 4.78 is 5.29. The Kier molecular flexibility index (Phi) is 2.69. The molecule has 0 bridgehead atoms. The van der Waals surface area contributed by atoms with Crippen molar-refractivity contribution in [3.05, 3.63) is 23.3 Å². The number of aliphatic hydroxyl groups is 1. The van der Waals surface area contributed by atoms with E-state index in [1.165, 1.54) is 0 Å². The number of benzene rings is 1. The highest BCUT2D eigenvalue weighted by molar-refractivity contribution is 7.98. The van der Waals surface area contributed by atoms with Crippen LogP contribution in [0.5, 0.6) is 5.75 Å². The monoisotopic (exact) mass is 224 g/mol. The van der Waals surface area contributed by atoms with Crippen LogP contribution >= 0.6 is 11.8 Å². The van der Waals surface area contributed by atoms with E-state index in [1.54, 1.807) is 18.9 Å². The zero-order valence-corrected chi connectivity index (χ0v) is 10.1. The fraction of sp³-hybridized carbons (Fsp3) is 0.500. The number of hydrogen-bond acceptors (Lipinski definition) is 3. The molecule has 0 heterocycles. The maximum atomic E-state index is 10.2. The highest BCUT2D eigenvalue weighted by Gasteiger charge is 2.44. The first-order chi connectivity index (χ1) is 7.10. The van der Waals surface area contributed by atoms with E-state index in [2.05, 4.69) is 6.07 Å². The number of hydrogen-bond donors (Lipinski definition) is 1. The fourth-order valence-electron chi connectivity index (χ4n) is 1.80. The van der Waals surface area contributed by atoms with Crippen LogP contribution in [0.2, 0.25) is 0 Å². The van der Waals surface area contributed by atoms with Crippen LogP contribution in [0.1, 0.15) is 24.0 Å². The van der Waals surface area contributed by atoms with Gasteiger partial charge in [-0.1, -0.05) is 0 Å². The Morgan fingerprint density at radius 3 is 2.53 bits per heavy atom. The third kappa shape index (κ3) is 1.86. The van der Waals surface area contributed by atoms with Crippen molar-refractivity contribution in [2.45, 2.75) is 30.3 Å². The Labute approximate surface area is 94.6 Å². The number of rotatable bonds is 3. The van der Waals surface area contributed by atoms with Crippen LogP contribution in [0.3, 0.4) is 0 Å². The Bertz CT molecular complexity index is 383. The van der Waals surface area contributed by atoms with Gasteiger partial charge in [0.25, 0.3) is 0 Å². The molecule has 1 aromatic rings. The second-order valence-electron chi connectivity index (χ2n) is 4.05. The van der Waals surface area contributed by atoms with Crippen molar-refractivity contribution in [2.24, 2.45) is 0 Å². The molecule has 1 saturated carbocycles. The maximum absolute atomic E-state index is 10.2. The van der Waals surface area contributed by atoms with Gasteiger partial charge in [0.15, 0.2) is 0 Å². The topological polar surface area (TPSA) is 29.5 Å². The fourth-order valence-corrected chi connectivity index (χ4v) is 2.57. The zero-order valence-electron chi connectivity index (χ0n) is 9.33. The lowest BCUT2D eigenvalue weighted by atomic mass is 10.0. The van der Waals surface area contributed by atoms with E-state index in [0.29, 0.717) is 0 Å². The molecule has 1 aliphatic carbocycles. The SMILES string of the molecule is COc1cc(C2(O)CC2)c(SC)cc1C. The van der Waals surface area contributed by atoms with Crippen molar-refractivity contribution in [1.29, 1.82) is 0 Å². The van der Waals surface area contributed by atoms with E-state index in [1.807, 2.05) is 19.2 Å². The van der Waals surface area contributed by atoms with Crippen LogP contribution in [0.15, 0.2) is 17.0 Å². The third-order valence-corrected chi connectivity index (χ3v) is 3.72. The third-order valence-electron chi connectivity index (χ3n) is 2.94. The van der Waals surface area contributed by atoms with Gasteiger partial charge < -0.3 is 9.84 Å². The molecule has 1 aliphatic rings. The van der Waals surface area contributed by atoms with Crippen molar-refractivity contribution in [1.82, 2.24) is 0 Å². The number of thioether (sulfide) groups is 1. The number of aryl methyl sites for hydroxylation is 1. The van der Waals surface area contributed by atoms with Gasteiger partial charge in [-0.2, -0.15) is 0 Å². The lowest BCUT2D eigenvalue weighted by Gasteiger charge is -2.16. The summed E-state index contributed by atoms with van der Waals surface area (Å²) in [7, 11) is 1.67. The minimum absolute atomic E-state index is 0.584. The quantitative estimate of drug-likeness (QED) is 0.800. The molecule has 2 nitrogen and oxygen atoms in total. The van der Waals surface area contributed by atoms with Gasteiger partial charge in [-0.3, -0.25) is 0 Å². The second-order valence-corrected chi connectivity index (χ2v) is 4.90. The van der Waals surface area contributed by atoms with Gasteiger partial charge in [-0.05, 0) is 43.7 Å². The Balaban J connectivity index is 2.51. The van der Waals surface area contributed by atoms with Crippen LogP contribution < -0.4 is 4.74 Å². The average Bonchev–Trinajstić information content (AvgIpc) is 2.97. The van der Waals surface area contributed by atoms with Gasteiger partial charge in [0.2, 0.25) is 0 Å². The summed E-state index contributed by atoms with van der Waals surface area (Å²) in [5, 5.41) is 10.2. The Morgan fingerprint density at radius 2 is 2.07 bits per heavy atom. The summed E-state index contributed by atoms with van der Waals surface area (Å²) in [6.07, 6.45) is 3.77. The van der Waals surface area contributed by atoms with E-state index in [-0.39, 0.29) is 0 Å². The van der Waals surface area contributed by atoms with Crippen molar-refractivity contribution >= 4 is 11.8 Å². The average molecular weight is 224 g/mol. The van der Waals surface area contributed by atoms with Gasteiger partial charge in [0, 0.05) is 10.5 Å². The molecule has 0 aromatic heterocycles. The largest absolute Gasteiger partial charge is 0.496 e. The van der Waals surface area contributed by atoms with Crippen molar-refractivity contribution in [3.8, 4) is 5.75 Å². The molecule has 2 rings (SSSR count). The van der Waals surface area contributed by atoms with Crippen LogP contribution in [-0.4, -0.2) is 18.5 Å². The first-order valence-corrected chi connectivity index (χ1v) is 6.28. The van der Waals surface area contributed by atoms with Gasteiger partial charge in [-0.15, -0.1) is 11.8 Å². The number of ether oxygens (including phenoxy) is 1. The lowest BCUT2D eigenvalue weighted by Crippen LogP contribution is -2.07. The molecule has 82 valence electrons. The van der Waals surface area contributed by atoms with Gasteiger partial charge in [-0.25, -0.2) is 0 Å². The van der Waals surface area contributed by atoms with Gasteiger partial charge in [0.05, 0.1) is 12.7 Å². The molecule has 0 atom stereocenters. The molecule has 0 radical (unpaired) electrons. The summed E-state index contributed by atoms with van der Waals surface area (Å²) in [5.74, 6) is 0.864. The van der Waals surface area contributed by atoms with Crippen LogP contribution in [0, 0.1) is 6.92 Å². The van der Waals surface area contributed by atoms with Crippen LogP contribution in [-0.2, 0) is 5.60 Å². The molecule has 1 N–H and O–H groups in total. The van der Waals surface area contributed by atoms with Crippen molar-refractivity contribution in [2.75, 3.05) is 13.4 Å². The standard InChI is InChI=1S/C12H16O2S/c1-8-6-11(15-3)9(7-10(8)14-2)12(13)4-5-12/h6-7,13H,4-5H2,1-3H3. The summed E-state index contributed by atoms with van der Waals surface area (Å²) in [6, 6.07) is 4.07. The minimum atomic E-state index is -0.584. The first-order valence-electron chi connectivity index (χ1n) is 5.06. The molecule has 15 heavy (non-hydrogen) atoms. The Hall–Kier alpha value is -0.670. The van der Waals surface area contributed by atoms with Crippen LogP contribution in [0.4, 0.5) is 0 Å². The molecule has 3 heteroatoms. The first kappa shape index (κ1) is 10.8. The van der Waals surface area contributed by atoms with Gasteiger partial charge in [0.1, 0.15) is 5.75 Å². The lowest BCUT2D eigenvalue weighted by molar-refractivity contribution is 0.148. The normalized spacial score (nSPS) is 17.6. The maximum Gasteiger partial charge on any atom is 0.122 e. The Morgan fingerprint density at radius 1 is 1.40 bits per heavy atom. The number of methoxy groups -OCH3 is 1. The van der Waals surface area contributed by atoms with E-state index >= 15 is 0 Å². The highest BCUT2D eigenvalue weighted by atomic mass is 32.2.